The minimum atomic E-state index is -3.72. The lowest BCUT2D eigenvalue weighted by Gasteiger charge is -2.29. The van der Waals surface area contributed by atoms with Crippen LogP contribution in [0.25, 0.3) is 0 Å². The third-order valence-electron chi connectivity index (χ3n) is 8.03. The van der Waals surface area contributed by atoms with Gasteiger partial charge in [0.05, 0.1) is 35.3 Å². The summed E-state index contributed by atoms with van der Waals surface area (Å²) in [6.07, 6.45) is 4.70. The first-order valence-electron chi connectivity index (χ1n) is 14.8. The number of amidine groups is 1. The summed E-state index contributed by atoms with van der Waals surface area (Å²) < 4.78 is 56.8. The number of hydrogen-bond acceptors (Lipinski definition) is 10. The zero-order valence-corrected chi connectivity index (χ0v) is 27.9. The van der Waals surface area contributed by atoms with Gasteiger partial charge in [0.2, 0.25) is 21.8 Å². The van der Waals surface area contributed by atoms with E-state index in [0.29, 0.717) is 23.6 Å². The number of amides is 2. The first-order valence-corrected chi connectivity index (χ1v) is 19.4. The highest BCUT2D eigenvalue weighted by atomic mass is 32.2. The van der Waals surface area contributed by atoms with Crippen LogP contribution in [0.4, 0.5) is 0 Å². The number of sulfone groups is 1. The molecule has 1 aromatic heterocycles. The Labute approximate surface area is 268 Å². The zero-order valence-electron chi connectivity index (χ0n) is 25.5. The molecule has 0 aliphatic carbocycles. The van der Waals surface area contributed by atoms with E-state index < -0.39 is 49.9 Å². The summed E-state index contributed by atoms with van der Waals surface area (Å²) in [6.45, 7) is 2.15. The minimum absolute atomic E-state index is 0.0648. The molecule has 2 saturated heterocycles. The van der Waals surface area contributed by atoms with Crippen LogP contribution in [0.2, 0.25) is 0 Å². The number of nitrogen functional groups attached to an aromatic ring is 1. The zero-order chi connectivity index (χ0) is 32.8. The van der Waals surface area contributed by atoms with Gasteiger partial charge in [-0.25, -0.2) is 21.6 Å². The van der Waals surface area contributed by atoms with Crippen LogP contribution in [-0.4, -0.2) is 89.7 Å². The highest BCUT2D eigenvalue weighted by Gasteiger charge is 2.42. The summed E-state index contributed by atoms with van der Waals surface area (Å²) in [5.41, 5.74) is 6.29. The smallest absolute Gasteiger partial charge is 0.243 e. The first-order chi connectivity index (χ1) is 21.2. The van der Waals surface area contributed by atoms with Gasteiger partial charge in [-0.2, -0.15) is 0 Å². The Kier molecular flexibility index (Phi) is 11.8. The number of nitrogens with two attached hydrogens (primary N) is 1. The van der Waals surface area contributed by atoms with Gasteiger partial charge in [0.25, 0.3) is 0 Å². The molecule has 2 fully saturated rings. The highest BCUT2D eigenvalue weighted by Crippen LogP contribution is 2.26. The number of benzene rings is 1. The molecule has 16 heteroatoms. The number of nitrogens with zero attached hydrogens (tertiary/aromatic N) is 1. The quantitative estimate of drug-likeness (QED) is 0.142. The van der Waals surface area contributed by atoms with Gasteiger partial charge in [0.15, 0.2) is 9.84 Å². The largest absolute Gasteiger partial charge is 0.383 e. The summed E-state index contributed by atoms with van der Waals surface area (Å²) in [5.74, 6) is -0.573. The fourth-order valence-corrected chi connectivity index (χ4v) is 7.81. The minimum Gasteiger partial charge on any atom is -0.383 e. The lowest BCUT2D eigenvalue weighted by molar-refractivity contribution is -0.140. The molecule has 1 aromatic carbocycles. The summed E-state index contributed by atoms with van der Waals surface area (Å²) in [6, 6.07) is 7.86. The van der Waals surface area contributed by atoms with Crippen molar-refractivity contribution in [3.05, 3.63) is 51.7 Å². The molecule has 4 rings (SSSR count). The van der Waals surface area contributed by atoms with Crippen molar-refractivity contribution in [2.24, 2.45) is 11.7 Å². The van der Waals surface area contributed by atoms with Gasteiger partial charge in [-0.3, -0.25) is 15.0 Å². The lowest BCUT2D eigenvalue weighted by atomic mass is 9.91. The average molecular weight is 683 g/mol. The van der Waals surface area contributed by atoms with Crippen molar-refractivity contribution in [3.8, 4) is 0 Å². The average Bonchev–Trinajstić information content (AvgIpc) is 3.64. The number of nitrogens with one attached hydrogen (secondary N) is 4. The van der Waals surface area contributed by atoms with E-state index in [9.17, 15) is 26.4 Å². The molecule has 248 valence electrons. The van der Waals surface area contributed by atoms with E-state index >= 15 is 0 Å². The molecule has 3 atom stereocenters. The number of piperidine rings is 1. The van der Waals surface area contributed by atoms with E-state index in [0.717, 1.165) is 48.9 Å². The van der Waals surface area contributed by atoms with Crippen LogP contribution in [0.3, 0.4) is 0 Å². The number of ether oxygens (including phenoxy) is 1. The molecule has 3 heterocycles. The SMILES string of the molecule is CS(=O)(=O)N[C@H](CCC1CCNCC1)C(=O)N1C[C@H](OCc2ccc(S(C)(=O)=O)cc2)C[C@@H]1C(=O)NCc1ccc(C(=N)N)s1. The second-order valence-electron chi connectivity index (χ2n) is 11.7. The molecule has 0 saturated carbocycles. The molecule has 6 N–H and O–H groups in total. The van der Waals surface area contributed by atoms with E-state index in [2.05, 4.69) is 15.4 Å². The number of thiophene rings is 1. The molecule has 13 nitrogen and oxygen atoms in total. The second-order valence-corrected chi connectivity index (χ2v) is 16.7. The summed E-state index contributed by atoms with van der Waals surface area (Å²) in [4.78, 5) is 30.5. The molecule has 2 aliphatic heterocycles. The van der Waals surface area contributed by atoms with Crippen LogP contribution < -0.4 is 21.1 Å². The summed E-state index contributed by atoms with van der Waals surface area (Å²) in [7, 11) is -7.07. The number of likely N-dealkylation sites (tertiary alicyclic amines) is 1. The third kappa shape index (κ3) is 10.3. The fraction of sp³-hybridized carbons (Fsp3) is 0.552. The molecule has 2 aliphatic rings. The van der Waals surface area contributed by atoms with Crippen LogP contribution in [0.1, 0.15) is 47.4 Å². The lowest BCUT2D eigenvalue weighted by Crippen LogP contribution is -2.53. The molecule has 2 amide bonds. The first kappa shape index (κ1) is 35.0. The Morgan fingerprint density at radius 2 is 1.80 bits per heavy atom. The van der Waals surface area contributed by atoms with Crippen LogP contribution in [0.15, 0.2) is 41.3 Å². The Bertz CT molecular complexity index is 1570. The highest BCUT2D eigenvalue weighted by molar-refractivity contribution is 7.90. The fourth-order valence-electron chi connectivity index (χ4n) is 5.63. The van der Waals surface area contributed by atoms with E-state index in [1.807, 2.05) is 0 Å². The van der Waals surface area contributed by atoms with Gasteiger partial charge in [0.1, 0.15) is 17.9 Å². The van der Waals surface area contributed by atoms with Gasteiger partial charge >= 0.3 is 0 Å². The Hall–Kier alpha value is -2.89. The number of rotatable bonds is 14. The molecular formula is C29H42N6O7S3. The van der Waals surface area contributed by atoms with Gasteiger partial charge in [-0.15, -0.1) is 11.3 Å². The van der Waals surface area contributed by atoms with Crippen molar-refractivity contribution in [2.45, 2.75) is 68.3 Å². The maximum atomic E-state index is 14.0. The van der Waals surface area contributed by atoms with Gasteiger partial charge in [-0.05, 0) is 74.5 Å². The number of hydrogen-bond donors (Lipinski definition) is 5. The maximum Gasteiger partial charge on any atom is 0.243 e. The van der Waals surface area contributed by atoms with E-state index in [1.165, 1.54) is 28.4 Å². The summed E-state index contributed by atoms with van der Waals surface area (Å²) in [5, 5.41) is 13.8. The van der Waals surface area contributed by atoms with Crippen LogP contribution >= 0.6 is 11.3 Å². The third-order valence-corrected chi connectivity index (χ3v) is 11.0. The Morgan fingerprint density at radius 3 is 2.40 bits per heavy atom. The summed E-state index contributed by atoms with van der Waals surface area (Å²) >= 11 is 1.28. The van der Waals surface area contributed by atoms with Crippen molar-refractivity contribution < 1.29 is 31.2 Å². The van der Waals surface area contributed by atoms with Crippen LogP contribution in [-0.2, 0) is 47.3 Å². The van der Waals surface area contributed by atoms with E-state index in [1.54, 1.807) is 24.3 Å². The molecule has 0 radical (unpaired) electrons. The Balaban J connectivity index is 1.49. The normalized spacial score (nSPS) is 20.2. The molecule has 45 heavy (non-hydrogen) atoms. The van der Waals surface area contributed by atoms with E-state index in [4.69, 9.17) is 15.9 Å². The molecule has 0 bridgehead atoms. The van der Waals surface area contributed by atoms with Crippen molar-refractivity contribution >= 4 is 48.8 Å². The maximum absolute atomic E-state index is 14.0. The van der Waals surface area contributed by atoms with Gasteiger partial charge in [-0.1, -0.05) is 12.1 Å². The predicted octanol–water partition coefficient (Wildman–Crippen LogP) is 0.936. The number of carbonyl (C=O) groups excluding carboxylic acids is 2. The predicted molar refractivity (Wildman–Crippen MR) is 172 cm³/mol. The van der Waals surface area contributed by atoms with Crippen molar-refractivity contribution in [1.82, 2.24) is 20.3 Å². The topological polar surface area (TPSA) is 201 Å². The van der Waals surface area contributed by atoms with Crippen LogP contribution in [0, 0.1) is 11.3 Å². The van der Waals surface area contributed by atoms with Gasteiger partial charge in [0, 0.05) is 24.1 Å². The van der Waals surface area contributed by atoms with Crippen molar-refractivity contribution in [2.75, 3.05) is 32.1 Å². The number of carbonyl (C=O) groups is 2. The number of sulfonamides is 1. The van der Waals surface area contributed by atoms with E-state index in [-0.39, 0.29) is 36.8 Å². The Morgan fingerprint density at radius 1 is 1.11 bits per heavy atom. The van der Waals surface area contributed by atoms with Crippen LogP contribution in [0.5, 0.6) is 0 Å². The second kappa shape index (κ2) is 15.1. The van der Waals surface area contributed by atoms with Crippen molar-refractivity contribution in [3.63, 3.8) is 0 Å². The monoisotopic (exact) mass is 682 g/mol. The van der Waals surface area contributed by atoms with Crippen molar-refractivity contribution in [1.29, 1.82) is 5.41 Å². The molecule has 2 aromatic rings. The van der Waals surface area contributed by atoms with Gasteiger partial charge < -0.3 is 26.0 Å². The standard InChI is InChI=1S/C29H42N6O7S3/c1-44(38,39)23-7-3-20(4-8-23)18-42-21-15-25(28(36)33-16-22-6-10-26(43-22)27(30)31)35(17-21)29(37)24(34-45(2,40)41)9-5-19-11-13-32-14-12-19/h3-4,6-8,10,19,21,24-25,32,34H,5,9,11-18H2,1-2H3,(H3,30,31)(H,33,36)/t21-,24-,25-/m1/s1. The molecular weight excluding hydrogens is 641 g/mol. The molecule has 0 unspecified atom stereocenters. The molecule has 0 spiro atoms.